The molecule has 2 aromatic heterocycles. The van der Waals surface area contributed by atoms with E-state index < -0.39 is 0 Å². The lowest BCUT2D eigenvalue weighted by Gasteiger charge is -2.31. The van der Waals surface area contributed by atoms with Gasteiger partial charge in [-0.05, 0) is 38.0 Å². The van der Waals surface area contributed by atoms with E-state index in [1.165, 1.54) is 0 Å². The molecule has 3 heterocycles. The summed E-state index contributed by atoms with van der Waals surface area (Å²) in [6, 6.07) is 8.96. The summed E-state index contributed by atoms with van der Waals surface area (Å²) < 4.78 is 16.4. The fourth-order valence-electron chi connectivity index (χ4n) is 4.24. The lowest BCUT2D eigenvalue weighted by atomic mass is 9.97. The number of fused-ring (bicyclic) bond motifs is 1. The number of methoxy groups -OCH3 is 3. The van der Waals surface area contributed by atoms with Gasteiger partial charge in [-0.1, -0.05) is 6.07 Å². The summed E-state index contributed by atoms with van der Waals surface area (Å²) in [6.45, 7) is 2.79. The maximum Gasteiger partial charge on any atom is 0.270 e. The normalized spacial score (nSPS) is 15.9. The molecule has 0 bridgehead atoms. The number of anilines is 1. The van der Waals surface area contributed by atoms with Crippen molar-refractivity contribution in [3.8, 4) is 17.2 Å². The van der Waals surface area contributed by atoms with Crippen molar-refractivity contribution in [1.29, 1.82) is 0 Å². The fourth-order valence-corrected chi connectivity index (χ4v) is 4.24. The Balaban J connectivity index is 1.55. The van der Waals surface area contributed by atoms with Crippen molar-refractivity contribution in [2.24, 2.45) is 5.92 Å². The van der Waals surface area contributed by atoms with Gasteiger partial charge >= 0.3 is 0 Å². The van der Waals surface area contributed by atoms with Crippen LogP contribution in [0.2, 0.25) is 0 Å². The van der Waals surface area contributed by atoms with Crippen molar-refractivity contribution in [2.75, 3.05) is 39.7 Å². The molecular formula is C24H28N4O5. The smallest absolute Gasteiger partial charge is 0.270 e. The van der Waals surface area contributed by atoms with Crippen LogP contribution in [0.3, 0.4) is 0 Å². The van der Waals surface area contributed by atoms with Gasteiger partial charge in [-0.25, -0.2) is 4.98 Å². The van der Waals surface area contributed by atoms with E-state index in [4.69, 9.17) is 14.2 Å². The highest BCUT2D eigenvalue weighted by atomic mass is 16.5. The number of amides is 2. The third kappa shape index (κ3) is 4.44. The zero-order chi connectivity index (χ0) is 23.5. The number of nitrogens with zero attached hydrogens (tertiary/aromatic N) is 2. The Morgan fingerprint density at radius 3 is 2.61 bits per heavy atom. The van der Waals surface area contributed by atoms with Crippen LogP contribution in [-0.2, 0) is 4.79 Å². The minimum Gasteiger partial charge on any atom is -0.496 e. The Morgan fingerprint density at radius 1 is 1.12 bits per heavy atom. The first-order valence-electron chi connectivity index (χ1n) is 10.8. The number of likely N-dealkylation sites (tertiary alicyclic amines) is 1. The number of hydrogen-bond donors (Lipinski definition) is 2. The molecule has 1 aromatic carbocycles. The molecule has 0 aliphatic carbocycles. The number of pyridine rings is 1. The molecule has 1 saturated heterocycles. The number of ether oxygens (including phenoxy) is 3. The maximum atomic E-state index is 13.3. The monoisotopic (exact) mass is 452 g/mol. The molecule has 4 rings (SSSR count). The molecule has 0 saturated carbocycles. The van der Waals surface area contributed by atoms with Gasteiger partial charge in [0.1, 0.15) is 17.3 Å². The summed E-state index contributed by atoms with van der Waals surface area (Å²) in [5, 5.41) is 3.59. The molecule has 1 atom stereocenters. The number of carbonyl (C=O) groups is 2. The van der Waals surface area contributed by atoms with Gasteiger partial charge < -0.3 is 29.4 Å². The maximum absolute atomic E-state index is 13.3. The molecule has 2 amide bonds. The Morgan fingerprint density at radius 2 is 1.91 bits per heavy atom. The van der Waals surface area contributed by atoms with E-state index in [-0.39, 0.29) is 17.7 Å². The Kier molecular flexibility index (Phi) is 6.39. The summed E-state index contributed by atoms with van der Waals surface area (Å²) in [7, 11) is 4.65. The average Bonchev–Trinajstić information content (AvgIpc) is 3.27. The first-order valence-corrected chi connectivity index (χ1v) is 10.8. The van der Waals surface area contributed by atoms with Crippen molar-refractivity contribution in [1.82, 2.24) is 14.9 Å². The van der Waals surface area contributed by atoms with E-state index in [0.29, 0.717) is 53.8 Å². The third-order valence-corrected chi connectivity index (χ3v) is 5.89. The van der Waals surface area contributed by atoms with Gasteiger partial charge in [0, 0.05) is 30.2 Å². The van der Waals surface area contributed by atoms with Crippen LogP contribution in [0.1, 0.15) is 29.0 Å². The van der Waals surface area contributed by atoms with Crippen LogP contribution in [0.4, 0.5) is 5.82 Å². The quantitative estimate of drug-likeness (QED) is 0.594. The summed E-state index contributed by atoms with van der Waals surface area (Å²) in [5.74, 6) is 1.47. The predicted octanol–water partition coefficient (Wildman–Crippen LogP) is 3.39. The van der Waals surface area contributed by atoms with Crippen molar-refractivity contribution >= 4 is 28.5 Å². The summed E-state index contributed by atoms with van der Waals surface area (Å²) in [4.78, 5) is 35.4. The van der Waals surface area contributed by atoms with Crippen LogP contribution in [0.5, 0.6) is 17.2 Å². The number of aromatic nitrogens is 2. The van der Waals surface area contributed by atoms with Gasteiger partial charge in [0.15, 0.2) is 11.5 Å². The molecule has 9 nitrogen and oxygen atoms in total. The molecule has 174 valence electrons. The standard InChI is InChI=1S/C24H28N4O5/c1-14-7-5-9-20(25-14)27-23(29)15-8-6-10-28(13-15)24(30)17-11-16-18(31-2)12-19(32-3)22(33-4)21(16)26-17/h5,7,9,11-12,15,26H,6,8,10,13H2,1-4H3,(H,25,27,29). The molecule has 2 N–H and O–H groups in total. The number of piperidine rings is 1. The van der Waals surface area contributed by atoms with Crippen molar-refractivity contribution in [3.05, 3.63) is 41.7 Å². The van der Waals surface area contributed by atoms with Crippen molar-refractivity contribution < 1.29 is 23.8 Å². The molecular weight excluding hydrogens is 424 g/mol. The van der Waals surface area contributed by atoms with Gasteiger partial charge in [-0.2, -0.15) is 0 Å². The minimum absolute atomic E-state index is 0.129. The number of H-pyrrole nitrogens is 1. The highest BCUT2D eigenvalue weighted by molar-refractivity contribution is 6.02. The van der Waals surface area contributed by atoms with Crippen LogP contribution in [0, 0.1) is 12.8 Å². The molecule has 0 spiro atoms. The lowest BCUT2D eigenvalue weighted by molar-refractivity contribution is -0.121. The van der Waals surface area contributed by atoms with Crippen LogP contribution in [0.15, 0.2) is 30.3 Å². The summed E-state index contributed by atoms with van der Waals surface area (Å²) in [5.41, 5.74) is 1.85. The molecule has 0 radical (unpaired) electrons. The first kappa shape index (κ1) is 22.4. The molecule has 33 heavy (non-hydrogen) atoms. The number of nitrogens with one attached hydrogen (secondary N) is 2. The zero-order valence-electron chi connectivity index (χ0n) is 19.2. The van der Waals surface area contributed by atoms with E-state index in [1.807, 2.05) is 19.1 Å². The Labute approximate surface area is 192 Å². The molecule has 1 aliphatic heterocycles. The van der Waals surface area contributed by atoms with E-state index in [2.05, 4.69) is 15.3 Å². The van der Waals surface area contributed by atoms with Crippen molar-refractivity contribution in [3.63, 3.8) is 0 Å². The average molecular weight is 453 g/mol. The first-order chi connectivity index (χ1) is 15.9. The summed E-state index contributed by atoms with van der Waals surface area (Å²) in [6.07, 6.45) is 1.46. The SMILES string of the molecule is COc1cc(OC)c2cc(C(=O)N3CCCC(C(=O)Nc4cccc(C)n4)C3)[nH]c2c1OC. The zero-order valence-corrected chi connectivity index (χ0v) is 19.2. The van der Waals surface area contributed by atoms with E-state index in [1.54, 1.807) is 44.4 Å². The number of benzene rings is 1. The summed E-state index contributed by atoms with van der Waals surface area (Å²) >= 11 is 0. The number of carbonyl (C=O) groups excluding carboxylic acids is 2. The second-order valence-corrected chi connectivity index (χ2v) is 8.03. The predicted molar refractivity (Wildman–Crippen MR) is 124 cm³/mol. The third-order valence-electron chi connectivity index (χ3n) is 5.89. The Bertz CT molecular complexity index is 1190. The van der Waals surface area contributed by atoms with Crippen LogP contribution in [-0.4, -0.2) is 61.1 Å². The molecule has 1 fully saturated rings. The molecule has 1 unspecified atom stereocenters. The van der Waals surface area contributed by atoms with E-state index in [9.17, 15) is 9.59 Å². The van der Waals surface area contributed by atoms with Crippen LogP contribution in [0.25, 0.3) is 10.9 Å². The van der Waals surface area contributed by atoms with Gasteiger partial charge in [0.05, 0.1) is 32.8 Å². The number of rotatable bonds is 6. The highest BCUT2D eigenvalue weighted by Gasteiger charge is 2.30. The molecule has 3 aromatic rings. The number of aromatic amines is 1. The van der Waals surface area contributed by atoms with E-state index in [0.717, 1.165) is 17.5 Å². The topological polar surface area (TPSA) is 106 Å². The number of aryl methyl sites for hydroxylation is 1. The molecule has 1 aliphatic rings. The second-order valence-electron chi connectivity index (χ2n) is 8.03. The lowest BCUT2D eigenvalue weighted by Crippen LogP contribution is -2.44. The Hall–Kier alpha value is -3.75. The van der Waals surface area contributed by atoms with Gasteiger partial charge in [-0.15, -0.1) is 0 Å². The largest absolute Gasteiger partial charge is 0.496 e. The highest BCUT2D eigenvalue weighted by Crippen LogP contribution is 2.41. The minimum atomic E-state index is -0.307. The second kappa shape index (κ2) is 9.40. The fraction of sp³-hybridized carbons (Fsp3) is 0.375. The van der Waals surface area contributed by atoms with Gasteiger partial charge in [0.2, 0.25) is 5.91 Å². The molecule has 9 heteroatoms. The van der Waals surface area contributed by atoms with E-state index >= 15 is 0 Å². The van der Waals surface area contributed by atoms with Crippen molar-refractivity contribution in [2.45, 2.75) is 19.8 Å². The van der Waals surface area contributed by atoms with Crippen LogP contribution >= 0.6 is 0 Å². The van der Waals surface area contributed by atoms with Gasteiger partial charge in [-0.3, -0.25) is 9.59 Å². The van der Waals surface area contributed by atoms with Gasteiger partial charge in [0.25, 0.3) is 5.91 Å². The van der Waals surface area contributed by atoms with Crippen LogP contribution < -0.4 is 19.5 Å². The number of hydrogen-bond acceptors (Lipinski definition) is 6.